The summed E-state index contributed by atoms with van der Waals surface area (Å²) in [7, 11) is -4.95. The van der Waals surface area contributed by atoms with Crippen LogP contribution in [0.25, 0.3) is 0 Å². The molecule has 0 aromatic carbocycles. The molecule has 1 aromatic heterocycles. The normalized spacial score (nSPS) is 18.5. The number of hydrogen-bond donors (Lipinski definition) is 4. The molecule has 16 heteroatoms. The Morgan fingerprint density at radius 3 is 2.58 bits per heavy atom. The summed E-state index contributed by atoms with van der Waals surface area (Å²) in [6.45, 7) is 5.71. The van der Waals surface area contributed by atoms with Crippen molar-refractivity contribution in [1.29, 1.82) is 0 Å². The molecule has 2 amide bonds. The van der Waals surface area contributed by atoms with Gasteiger partial charge in [0.1, 0.15) is 11.7 Å². The molecule has 1 fully saturated rings. The Morgan fingerprint density at radius 1 is 1.42 bits per heavy atom. The average Bonchev–Trinajstić information content (AvgIpc) is 3.07. The number of carboxylic acids is 1. The summed E-state index contributed by atoms with van der Waals surface area (Å²) in [4.78, 5) is 44.5. The number of hydrogen-bond acceptors (Lipinski definition) is 11. The van der Waals surface area contributed by atoms with Gasteiger partial charge in [-0.3, -0.25) is 14.1 Å². The van der Waals surface area contributed by atoms with Crippen molar-refractivity contribution in [1.82, 2.24) is 15.4 Å². The summed E-state index contributed by atoms with van der Waals surface area (Å²) in [5, 5.41) is 20.0. The maximum atomic E-state index is 12.8. The van der Waals surface area contributed by atoms with Gasteiger partial charge in [0.25, 0.3) is 11.8 Å². The first-order valence-corrected chi connectivity index (χ1v) is 10.9. The first-order chi connectivity index (χ1) is 14.2. The van der Waals surface area contributed by atoms with E-state index in [2.05, 4.69) is 29.9 Å². The van der Waals surface area contributed by atoms with Crippen LogP contribution in [0.15, 0.2) is 10.5 Å². The van der Waals surface area contributed by atoms with E-state index in [1.54, 1.807) is 0 Å². The van der Waals surface area contributed by atoms with E-state index >= 15 is 0 Å². The summed E-state index contributed by atoms with van der Waals surface area (Å²) in [6, 6.07) is -1.18. The topological polar surface area (TPSA) is 197 Å². The van der Waals surface area contributed by atoms with Crippen LogP contribution in [0.1, 0.15) is 33.4 Å². The Bertz CT molecular complexity index is 1000. The molecule has 1 saturated heterocycles. The summed E-state index contributed by atoms with van der Waals surface area (Å²) in [5.41, 5.74) is -1.68. The van der Waals surface area contributed by atoms with Crippen molar-refractivity contribution >= 4 is 50.4 Å². The Balaban J connectivity index is 2.22. The SMILES string of the molecule is CC(C)Nc1nc(/C(=N/OCC(=O)O)C(=O)N[C@@H]2C(=O)N(OS(=O)(=O)O)C2(C)C)cs1. The second-order valence-electron chi connectivity index (χ2n) is 7.14. The number of nitrogens with zero attached hydrogens (tertiary/aromatic N) is 3. The van der Waals surface area contributed by atoms with Gasteiger partial charge in [-0.25, -0.2) is 9.78 Å². The highest BCUT2D eigenvalue weighted by atomic mass is 32.3. The van der Waals surface area contributed by atoms with Crippen LogP contribution in [0.3, 0.4) is 0 Å². The van der Waals surface area contributed by atoms with Gasteiger partial charge in [-0.15, -0.1) is 15.6 Å². The number of aromatic nitrogens is 1. The molecule has 0 radical (unpaired) electrons. The summed E-state index contributed by atoms with van der Waals surface area (Å²) >= 11 is 1.16. The number of nitrogens with one attached hydrogen (secondary N) is 2. The molecule has 0 aliphatic carbocycles. The van der Waals surface area contributed by atoms with Crippen molar-refractivity contribution in [3.63, 3.8) is 0 Å². The second-order valence-corrected chi connectivity index (χ2v) is 9.00. The second kappa shape index (κ2) is 9.13. The van der Waals surface area contributed by atoms with Gasteiger partial charge < -0.3 is 20.6 Å². The van der Waals surface area contributed by atoms with E-state index in [4.69, 9.17) is 9.66 Å². The van der Waals surface area contributed by atoms with E-state index < -0.39 is 52.1 Å². The molecule has 2 rings (SSSR count). The molecule has 4 N–H and O–H groups in total. The quantitative estimate of drug-likeness (QED) is 0.147. The highest BCUT2D eigenvalue weighted by molar-refractivity contribution is 7.80. The zero-order valence-electron chi connectivity index (χ0n) is 16.8. The zero-order chi connectivity index (χ0) is 23.6. The predicted molar refractivity (Wildman–Crippen MR) is 106 cm³/mol. The third-order valence-corrected chi connectivity index (χ3v) is 4.95. The van der Waals surface area contributed by atoms with Crippen LogP contribution in [-0.2, 0) is 33.9 Å². The first-order valence-electron chi connectivity index (χ1n) is 8.68. The molecule has 0 bridgehead atoms. The molecule has 0 spiro atoms. The molecule has 31 heavy (non-hydrogen) atoms. The first kappa shape index (κ1) is 24.4. The smallest absolute Gasteiger partial charge is 0.418 e. The Labute approximate surface area is 181 Å². The Hall–Kier alpha value is -2.82. The van der Waals surface area contributed by atoms with E-state index in [-0.39, 0.29) is 11.7 Å². The van der Waals surface area contributed by atoms with E-state index in [0.29, 0.717) is 10.2 Å². The van der Waals surface area contributed by atoms with Crippen molar-refractivity contribution in [2.75, 3.05) is 11.9 Å². The number of β-lactam (4-membered cyclic amide) rings is 1. The average molecular weight is 479 g/mol. The van der Waals surface area contributed by atoms with Crippen LogP contribution in [0.5, 0.6) is 0 Å². The number of hydroxylamine groups is 2. The molecule has 0 saturated carbocycles. The molecule has 1 atom stereocenters. The molecule has 2 heterocycles. The van der Waals surface area contributed by atoms with Crippen LogP contribution >= 0.6 is 11.3 Å². The van der Waals surface area contributed by atoms with Gasteiger partial charge in [0, 0.05) is 11.4 Å². The fourth-order valence-electron chi connectivity index (χ4n) is 2.47. The summed E-state index contributed by atoms with van der Waals surface area (Å²) in [6.07, 6.45) is 0. The fourth-order valence-corrected chi connectivity index (χ4v) is 3.77. The van der Waals surface area contributed by atoms with E-state index in [0.717, 1.165) is 11.3 Å². The largest absolute Gasteiger partial charge is 0.479 e. The number of carboxylic acid groups (broad SMARTS) is 1. The highest BCUT2D eigenvalue weighted by Gasteiger charge is 2.58. The van der Waals surface area contributed by atoms with Gasteiger partial charge in [-0.05, 0) is 27.7 Å². The van der Waals surface area contributed by atoms with E-state index in [1.165, 1.54) is 19.2 Å². The number of anilines is 1. The number of rotatable bonds is 10. The maximum absolute atomic E-state index is 12.8. The molecule has 172 valence electrons. The number of oxime groups is 1. The molecular weight excluding hydrogens is 458 g/mol. The van der Waals surface area contributed by atoms with Crippen LogP contribution in [0.2, 0.25) is 0 Å². The highest BCUT2D eigenvalue weighted by Crippen LogP contribution is 2.33. The lowest BCUT2D eigenvalue weighted by Gasteiger charge is -2.50. The fraction of sp³-hybridized carbons (Fsp3) is 0.533. The number of carbonyl (C=O) groups is 3. The molecule has 1 aliphatic rings. The molecule has 0 unspecified atom stereocenters. The van der Waals surface area contributed by atoms with Crippen LogP contribution in [0, 0.1) is 0 Å². The minimum Gasteiger partial charge on any atom is -0.479 e. The van der Waals surface area contributed by atoms with Gasteiger partial charge in [0.2, 0.25) is 6.61 Å². The summed E-state index contributed by atoms with van der Waals surface area (Å²) < 4.78 is 34.8. The van der Waals surface area contributed by atoms with Crippen molar-refractivity contribution in [3.8, 4) is 0 Å². The number of thiazole rings is 1. The van der Waals surface area contributed by atoms with Crippen molar-refractivity contribution in [3.05, 3.63) is 11.1 Å². The predicted octanol–water partition coefficient (Wildman–Crippen LogP) is -0.391. The maximum Gasteiger partial charge on any atom is 0.418 e. The van der Waals surface area contributed by atoms with Crippen LogP contribution in [-0.4, -0.2) is 75.8 Å². The molecule has 1 aromatic rings. The Morgan fingerprint density at radius 2 is 2.06 bits per heavy atom. The number of amides is 2. The lowest BCUT2D eigenvalue weighted by atomic mass is 9.84. The van der Waals surface area contributed by atoms with Gasteiger partial charge in [-0.1, -0.05) is 5.16 Å². The Kier molecular flexibility index (Phi) is 7.20. The van der Waals surface area contributed by atoms with Gasteiger partial charge in [0.05, 0.1) is 5.54 Å². The molecular formula is C15H21N5O9S2. The van der Waals surface area contributed by atoms with Crippen molar-refractivity contribution in [2.45, 2.75) is 45.3 Å². The summed E-state index contributed by atoms with van der Waals surface area (Å²) in [5.74, 6) is -3.19. The van der Waals surface area contributed by atoms with Crippen molar-refractivity contribution in [2.24, 2.45) is 5.16 Å². The standard InChI is InChI=1S/C15H21N5O9S2/c1-7(2)16-14-17-8(6-30-14)10(19-28-5-9(21)22)12(23)18-11-13(24)20(15(11,3)4)29-31(25,26)27/h6-7,11H,5H2,1-4H3,(H,16,17)(H,18,23)(H,21,22)(H,25,26,27)/b19-10-/t11-/m1/s1. The molecule has 1 aliphatic heterocycles. The third-order valence-electron chi connectivity index (χ3n) is 3.84. The van der Waals surface area contributed by atoms with Gasteiger partial charge in [-0.2, -0.15) is 13.5 Å². The lowest BCUT2D eigenvalue weighted by Crippen LogP contribution is -2.76. The van der Waals surface area contributed by atoms with Crippen molar-refractivity contribution < 1.29 is 41.6 Å². The zero-order valence-corrected chi connectivity index (χ0v) is 18.5. The van der Waals surface area contributed by atoms with Crippen LogP contribution in [0.4, 0.5) is 5.13 Å². The number of aliphatic carboxylic acids is 1. The van der Waals surface area contributed by atoms with Gasteiger partial charge in [0.15, 0.2) is 10.8 Å². The minimum atomic E-state index is -4.95. The van der Waals surface area contributed by atoms with E-state index in [9.17, 15) is 22.8 Å². The monoisotopic (exact) mass is 479 g/mol. The van der Waals surface area contributed by atoms with Crippen LogP contribution < -0.4 is 10.6 Å². The third kappa shape index (κ3) is 6.09. The molecule has 14 nitrogen and oxygen atoms in total. The van der Waals surface area contributed by atoms with E-state index in [1.807, 2.05) is 13.8 Å². The van der Waals surface area contributed by atoms with Gasteiger partial charge >= 0.3 is 16.4 Å². The minimum absolute atomic E-state index is 0.0543. The number of carbonyl (C=O) groups excluding carboxylic acids is 2. The lowest BCUT2D eigenvalue weighted by molar-refractivity contribution is -0.218.